The minimum atomic E-state index is -0.0606. The molecule has 0 fully saturated rings. The molecule has 1 unspecified atom stereocenters. The van der Waals surface area contributed by atoms with Gasteiger partial charge in [-0.3, -0.25) is 4.90 Å². The number of hydrogen-bond donors (Lipinski definition) is 1. The van der Waals surface area contributed by atoms with Crippen molar-refractivity contribution in [3.8, 4) is 5.75 Å². The molecule has 0 radical (unpaired) electrons. The van der Waals surface area contributed by atoms with E-state index < -0.39 is 0 Å². The molecule has 19 heavy (non-hydrogen) atoms. The fourth-order valence-electron chi connectivity index (χ4n) is 3.57. The van der Waals surface area contributed by atoms with Crippen LogP contribution in [0.4, 0.5) is 0 Å². The summed E-state index contributed by atoms with van der Waals surface area (Å²) in [4.78, 5) is 2.48. The normalized spacial score (nSPS) is 22.2. The summed E-state index contributed by atoms with van der Waals surface area (Å²) < 4.78 is 5.90. The zero-order valence-corrected chi connectivity index (χ0v) is 12.6. The van der Waals surface area contributed by atoms with Gasteiger partial charge in [0.05, 0.1) is 12.1 Å². The second-order valence-corrected chi connectivity index (χ2v) is 5.46. The fourth-order valence-corrected chi connectivity index (χ4v) is 3.57. The first kappa shape index (κ1) is 14.4. The molecule has 2 rings (SSSR count). The molecule has 0 spiro atoms. The summed E-state index contributed by atoms with van der Waals surface area (Å²) in [5, 5.41) is 0. The summed E-state index contributed by atoms with van der Waals surface area (Å²) in [6.45, 7) is 12.1. The predicted molar refractivity (Wildman–Crippen MR) is 79.7 cm³/mol. The Morgan fingerprint density at radius 2 is 1.95 bits per heavy atom. The Bertz CT molecular complexity index is 454. The number of ether oxygens (including phenoxy) is 1. The highest BCUT2D eigenvalue weighted by Gasteiger charge is 2.41. The third kappa shape index (κ3) is 2.26. The van der Waals surface area contributed by atoms with Crippen molar-refractivity contribution < 1.29 is 4.74 Å². The van der Waals surface area contributed by atoms with Gasteiger partial charge in [0.1, 0.15) is 5.75 Å². The maximum atomic E-state index is 6.21. The van der Waals surface area contributed by atoms with Crippen molar-refractivity contribution in [2.45, 2.75) is 39.7 Å². The third-order valence-corrected chi connectivity index (χ3v) is 4.39. The lowest BCUT2D eigenvalue weighted by Crippen LogP contribution is -2.54. The number of fused-ring (bicyclic) bond motifs is 1. The van der Waals surface area contributed by atoms with Gasteiger partial charge in [-0.2, -0.15) is 0 Å². The Hall–Kier alpha value is -1.06. The third-order valence-electron chi connectivity index (χ3n) is 4.39. The molecule has 0 aliphatic carbocycles. The lowest BCUT2D eigenvalue weighted by molar-refractivity contribution is 0.0568. The molecule has 0 bridgehead atoms. The Kier molecular flexibility index (Phi) is 4.16. The summed E-state index contributed by atoms with van der Waals surface area (Å²) in [6, 6.07) is 4.39. The maximum absolute atomic E-state index is 6.21. The van der Waals surface area contributed by atoms with Gasteiger partial charge in [-0.25, -0.2) is 0 Å². The van der Waals surface area contributed by atoms with Crippen molar-refractivity contribution in [2.24, 2.45) is 5.73 Å². The molecule has 3 nitrogen and oxygen atoms in total. The van der Waals surface area contributed by atoms with Crippen LogP contribution in [-0.4, -0.2) is 31.1 Å². The van der Waals surface area contributed by atoms with E-state index in [4.69, 9.17) is 10.5 Å². The molecular weight excluding hydrogens is 236 g/mol. The van der Waals surface area contributed by atoms with Crippen LogP contribution in [0.15, 0.2) is 12.1 Å². The van der Waals surface area contributed by atoms with Crippen LogP contribution in [0, 0.1) is 13.8 Å². The van der Waals surface area contributed by atoms with Crippen molar-refractivity contribution in [1.29, 1.82) is 0 Å². The van der Waals surface area contributed by atoms with E-state index in [9.17, 15) is 0 Å². The minimum absolute atomic E-state index is 0.0606. The fraction of sp³-hybridized carbons (Fsp3) is 0.625. The summed E-state index contributed by atoms with van der Waals surface area (Å²) in [5.41, 5.74) is 10.0. The van der Waals surface area contributed by atoms with Crippen LogP contribution in [0.1, 0.15) is 37.0 Å². The van der Waals surface area contributed by atoms with Crippen molar-refractivity contribution >= 4 is 0 Å². The zero-order chi connectivity index (χ0) is 14.0. The average Bonchev–Trinajstić information content (AvgIpc) is 2.39. The van der Waals surface area contributed by atoms with E-state index in [1.54, 1.807) is 0 Å². The molecule has 0 aromatic heterocycles. The van der Waals surface area contributed by atoms with Gasteiger partial charge in [-0.15, -0.1) is 0 Å². The summed E-state index contributed by atoms with van der Waals surface area (Å²) >= 11 is 0. The number of aryl methyl sites for hydroxylation is 2. The van der Waals surface area contributed by atoms with Gasteiger partial charge in [0.15, 0.2) is 0 Å². The van der Waals surface area contributed by atoms with Crippen LogP contribution in [0.5, 0.6) is 5.75 Å². The first-order chi connectivity index (χ1) is 9.08. The summed E-state index contributed by atoms with van der Waals surface area (Å²) in [5.74, 6) is 1.03. The Morgan fingerprint density at radius 1 is 1.26 bits per heavy atom. The van der Waals surface area contributed by atoms with Crippen molar-refractivity contribution in [2.75, 3.05) is 26.2 Å². The largest absolute Gasteiger partial charge is 0.493 e. The molecule has 0 saturated carbocycles. The highest BCUT2D eigenvalue weighted by molar-refractivity contribution is 5.49. The molecule has 3 heteroatoms. The summed E-state index contributed by atoms with van der Waals surface area (Å²) in [6.07, 6.45) is 0.974. The van der Waals surface area contributed by atoms with Gasteiger partial charge < -0.3 is 10.5 Å². The number of benzene rings is 1. The number of likely N-dealkylation sites (N-methyl/N-ethyl adjacent to an activating group) is 1. The van der Waals surface area contributed by atoms with Crippen molar-refractivity contribution in [1.82, 2.24) is 4.90 Å². The Labute approximate surface area is 116 Å². The molecule has 1 heterocycles. The monoisotopic (exact) mass is 262 g/mol. The van der Waals surface area contributed by atoms with Crippen LogP contribution in [0.25, 0.3) is 0 Å². The SMILES string of the molecule is CCN(CC)C1(CN)CCOc2cc(C)cc(C)c21. The van der Waals surface area contributed by atoms with E-state index in [0.29, 0.717) is 6.54 Å². The first-order valence-electron chi connectivity index (χ1n) is 7.28. The summed E-state index contributed by atoms with van der Waals surface area (Å²) in [7, 11) is 0. The molecule has 1 aromatic carbocycles. The molecular formula is C16H26N2O. The van der Waals surface area contributed by atoms with E-state index in [0.717, 1.165) is 31.9 Å². The van der Waals surface area contributed by atoms with Crippen LogP contribution >= 0.6 is 0 Å². The smallest absolute Gasteiger partial charge is 0.124 e. The van der Waals surface area contributed by atoms with Gasteiger partial charge in [0, 0.05) is 18.5 Å². The van der Waals surface area contributed by atoms with Gasteiger partial charge in [-0.05, 0) is 44.1 Å². The van der Waals surface area contributed by atoms with E-state index >= 15 is 0 Å². The van der Waals surface area contributed by atoms with Crippen LogP contribution in [0.3, 0.4) is 0 Å². The molecule has 1 aliphatic rings. The van der Waals surface area contributed by atoms with E-state index in [2.05, 4.69) is 44.7 Å². The number of hydrogen-bond acceptors (Lipinski definition) is 3. The number of rotatable bonds is 4. The van der Waals surface area contributed by atoms with Crippen molar-refractivity contribution in [3.05, 3.63) is 28.8 Å². The topological polar surface area (TPSA) is 38.5 Å². The van der Waals surface area contributed by atoms with E-state index in [-0.39, 0.29) is 5.54 Å². The predicted octanol–water partition coefficient (Wildman–Crippen LogP) is 2.58. The molecule has 1 aromatic rings. The molecule has 106 valence electrons. The lowest BCUT2D eigenvalue weighted by Gasteiger charge is -2.47. The number of nitrogens with two attached hydrogens (primary N) is 1. The average molecular weight is 262 g/mol. The first-order valence-corrected chi connectivity index (χ1v) is 7.28. The molecule has 1 atom stereocenters. The Morgan fingerprint density at radius 3 is 2.53 bits per heavy atom. The zero-order valence-electron chi connectivity index (χ0n) is 12.6. The molecule has 2 N–H and O–H groups in total. The quantitative estimate of drug-likeness (QED) is 0.906. The minimum Gasteiger partial charge on any atom is -0.493 e. The lowest BCUT2D eigenvalue weighted by atomic mass is 9.79. The van der Waals surface area contributed by atoms with E-state index in [1.165, 1.54) is 16.7 Å². The second-order valence-electron chi connectivity index (χ2n) is 5.46. The van der Waals surface area contributed by atoms with Gasteiger partial charge >= 0.3 is 0 Å². The highest BCUT2D eigenvalue weighted by Crippen LogP contribution is 2.43. The molecule has 0 saturated heterocycles. The van der Waals surface area contributed by atoms with Crippen LogP contribution in [0.2, 0.25) is 0 Å². The van der Waals surface area contributed by atoms with Crippen LogP contribution < -0.4 is 10.5 Å². The second kappa shape index (κ2) is 5.51. The van der Waals surface area contributed by atoms with Gasteiger partial charge in [-0.1, -0.05) is 19.9 Å². The molecule has 0 amide bonds. The van der Waals surface area contributed by atoms with E-state index in [1.807, 2.05) is 0 Å². The maximum Gasteiger partial charge on any atom is 0.124 e. The number of nitrogens with zero attached hydrogens (tertiary/aromatic N) is 1. The van der Waals surface area contributed by atoms with Gasteiger partial charge in [0.2, 0.25) is 0 Å². The Balaban J connectivity index is 2.61. The highest BCUT2D eigenvalue weighted by atomic mass is 16.5. The standard InChI is InChI=1S/C16H26N2O/c1-5-18(6-2)16(11-17)7-8-19-14-10-12(3)9-13(4)15(14)16/h9-10H,5-8,11,17H2,1-4H3. The molecule has 1 aliphatic heterocycles. The van der Waals surface area contributed by atoms with Crippen molar-refractivity contribution in [3.63, 3.8) is 0 Å². The van der Waals surface area contributed by atoms with Gasteiger partial charge in [0.25, 0.3) is 0 Å². The van der Waals surface area contributed by atoms with Crippen LogP contribution in [-0.2, 0) is 5.54 Å².